The summed E-state index contributed by atoms with van der Waals surface area (Å²) in [5.74, 6) is 0.0709. The Labute approximate surface area is 206 Å². The van der Waals surface area contributed by atoms with E-state index in [1.54, 1.807) is 48.6 Å². The van der Waals surface area contributed by atoms with Gasteiger partial charge in [0, 0.05) is 11.1 Å². The first-order valence-electron chi connectivity index (χ1n) is 11.1. The number of nitrogens with one attached hydrogen (secondary N) is 2. The van der Waals surface area contributed by atoms with Gasteiger partial charge in [-0.15, -0.1) is 0 Å². The van der Waals surface area contributed by atoms with E-state index in [9.17, 15) is 19.2 Å². The number of amides is 2. The summed E-state index contributed by atoms with van der Waals surface area (Å²) in [7, 11) is 0. The van der Waals surface area contributed by atoms with Crippen molar-refractivity contribution in [1.29, 1.82) is 0 Å². The highest BCUT2D eigenvalue weighted by Gasteiger charge is 2.18. The van der Waals surface area contributed by atoms with Crippen LogP contribution in [0.1, 0.15) is 31.8 Å². The van der Waals surface area contributed by atoms with Crippen LogP contribution in [0.25, 0.3) is 12.2 Å². The summed E-state index contributed by atoms with van der Waals surface area (Å²) in [5, 5.41) is 5.38. The zero-order valence-electron chi connectivity index (χ0n) is 18.9. The van der Waals surface area contributed by atoms with Crippen LogP contribution in [0, 0.1) is 0 Å². The lowest BCUT2D eigenvalue weighted by Gasteiger charge is -2.18. The van der Waals surface area contributed by atoms with E-state index in [0.29, 0.717) is 34.0 Å². The molecule has 178 valence electrons. The molecule has 0 unspecified atom stereocenters. The van der Waals surface area contributed by atoms with Crippen LogP contribution in [0.5, 0.6) is 11.5 Å². The zero-order valence-corrected chi connectivity index (χ0v) is 18.9. The van der Waals surface area contributed by atoms with Gasteiger partial charge >= 0.3 is 0 Å². The quantitative estimate of drug-likeness (QED) is 0.405. The molecule has 2 heterocycles. The first-order chi connectivity index (χ1) is 17.4. The molecule has 0 saturated carbocycles. The molecular formula is C28H20N2O6. The fraction of sp³-hybridized carbons (Fsp3) is 0.0714. The average molecular weight is 480 g/mol. The van der Waals surface area contributed by atoms with E-state index in [1.807, 2.05) is 24.3 Å². The van der Waals surface area contributed by atoms with Crippen molar-refractivity contribution in [3.05, 3.63) is 95.1 Å². The molecule has 0 saturated heterocycles. The van der Waals surface area contributed by atoms with Gasteiger partial charge < -0.3 is 20.1 Å². The normalized spacial score (nSPS) is 14.3. The Kier molecular flexibility index (Phi) is 6.15. The minimum absolute atomic E-state index is 0.0446. The lowest BCUT2D eigenvalue weighted by atomic mass is 10.0. The summed E-state index contributed by atoms with van der Waals surface area (Å²) in [6.07, 6.45) is 6.26. The van der Waals surface area contributed by atoms with Crippen LogP contribution >= 0.6 is 0 Å². The molecule has 0 aliphatic carbocycles. The maximum atomic E-state index is 12.6. The van der Waals surface area contributed by atoms with Gasteiger partial charge in [0.15, 0.2) is 24.8 Å². The summed E-state index contributed by atoms with van der Waals surface area (Å²) in [6, 6.07) is 17.1. The van der Waals surface area contributed by atoms with Gasteiger partial charge in [-0.05, 0) is 65.7 Å². The van der Waals surface area contributed by atoms with Gasteiger partial charge in [-0.2, -0.15) is 0 Å². The second kappa shape index (κ2) is 9.71. The predicted molar refractivity (Wildman–Crippen MR) is 134 cm³/mol. The third-order valence-corrected chi connectivity index (χ3v) is 5.56. The Balaban J connectivity index is 1.26. The van der Waals surface area contributed by atoms with Gasteiger partial charge in [0.2, 0.25) is 0 Å². The van der Waals surface area contributed by atoms with E-state index in [2.05, 4.69) is 10.6 Å². The van der Waals surface area contributed by atoms with Crippen molar-refractivity contribution < 1.29 is 28.7 Å². The number of allylic oxidation sites excluding steroid dienone is 2. The number of hydrogen-bond acceptors (Lipinski definition) is 6. The SMILES string of the molecule is O=C1COc2ccc(C(=O)/C=C/c3cccc(/C=C/C(=O)c4ccc5c(c4)NC(=O)CO5)c3)cc2N1. The monoisotopic (exact) mass is 480 g/mol. The highest BCUT2D eigenvalue weighted by Crippen LogP contribution is 2.30. The lowest BCUT2D eigenvalue weighted by Crippen LogP contribution is -2.25. The number of benzene rings is 3. The summed E-state index contributed by atoms with van der Waals surface area (Å²) < 4.78 is 10.6. The van der Waals surface area contributed by atoms with Gasteiger partial charge in [0.05, 0.1) is 11.4 Å². The van der Waals surface area contributed by atoms with Crippen molar-refractivity contribution in [1.82, 2.24) is 0 Å². The van der Waals surface area contributed by atoms with Crippen molar-refractivity contribution >= 4 is 46.9 Å². The van der Waals surface area contributed by atoms with Crippen LogP contribution in [0.4, 0.5) is 11.4 Å². The molecule has 2 N–H and O–H groups in total. The zero-order chi connectivity index (χ0) is 25.1. The number of anilines is 2. The van der Waals surface area contributed by atoms with Gasteiger partial charge in [-0.1, -0.05) is 30.4 Å². The van der Waals surface area contributed by atoms with Gasteiger partial charge in [0.25, 0.3) is 11.8 Å². The van der Waals surface area contributed by atoms with Crippen LogP contribution in [0.3, 0.4) is 0 Å². The highest BCUT2D eigenvalue weighted by molar-refractivity contribution is 6.09. The molecule has 8 heteroatoms. The predicted octanol–water partition coefficient (Wildman–Crippen LogP) is 4.14. The number of rotatable bonds is 6. The van der Waals surface area contributed by atoms with Crippen molar-refractivity contribution in [2.45, 2.75) is 0 Å². The summed E-state index contributed by atoms with van der Waals surface area (Å²) in [4.78, 5) is 48.3. The van der Waals surface area contributed by atoms with Crippen molar-refractivity contribution in [2.75, 3.05) is 23.8 Å². The van der Waals surface area contributed by atoms with Crippen LogP contribution in [-0.2, 0) is 9.59 Å². The molecule has 2 amide bonds. The average Bonchev–Trinajstić information content (AvgIpc) is 2.89. The van der Waals surface area contributed by atoms with Gasteiger partial charge in [-0.25, -0.2) is 0 Å². The lowest BCUT2D eigenvalue weighted by molar-refractivity contribution is -0.119. The van der Waals surface area contributed by atoms with E-state index >= 15 is 0 Å². The first-order valence-corrected chi connectivity index (χ1v) is 11.1. The molecule has 0 fully saturated rings. The fourth-order valence-electron chi connectivity index (χ4n) is 3.78. The second-order valence-electron chi connectivity index (χ2n) is 8.16. The second-order valence-corrected chi connectivity index (χ2v) is 8.16. The number of ketones is 2. The van der Waals surface area contributed by atoms with Crippen molar-refractivity contribution in [3.63, 3.8) is 0 Å². The first kappa shape index (κ1) is 22.8. The van der Waals surface area contributed by atoms with Crippen LogP contribution in [0.2, 0.25) is 0 Å². The Hall–Kier alpha value is -4.98. The molecule has 3 aromatic carbocycles. The minimum Gasteiger partial charge on any atom is -0.482 e. The third kappa shape index (κ3) is 5.07. The molecule has 0 atom stereocenters. The van der Waals surface area contributed by atoms with E-state index in [-0.39, 0.29) is 36.6 Å². The number of fused-ring (bicyclic) bond motifs is 2. The van der Waals surface area contributed by atoms with E-state index in [4.69, 9.17) is 9.47 Å². The molecular weight excluding hydrogens is 460 g/mol. The van der Waals surface area contributed by atoms with Crippen LogP contribution in [0.15, 0.2) is 72.8 Å². The topological polar surface area (TPSA) is 111 Å². The molecule has 3 aromatic rings. The third-order valence-electron chi connectivity index (χ3n) is 5.56. The van der Waals surface area contributed by atoms with Gasteiger partial charge in [-0.3, -0.25) is 19.2 Å². The number of hydrogen-bond donors (Lipinski definition) is 2. The molecule has 8 nitrogen and oxygen atoms in total. The maximum absolute atomic E-state index is 12.6. The molecule has 2 aliphatic heterocycles. The van der Waals surface area contributed by atoms with E-state index in [1.165, 1.54) is 12.2 Å². The smallest absolute Gasteiger partial charge is 0.262 e. The standard InChI is InChI=1S/C28H20N2O6/c31-23(19-6-10-25-21(13-19)29-27(33)15-35-25)8-4-17-2-1-3-18(12-17)5-9-24(32)20-7-11-26-22(14-20)30-28(34)16-36-26/h1-14H,15-16H2,(H,29,33)(H,30,34)/b8-4+,9-5+. The van der Waals surface area contributed by atoms with Crippen LogP contribution < -0.4 is 20.1 Å². The maximum Gasteiger partial charge on any atom is 0.262 e. The minimum atomic E-state index is -0.265. The highest BCUT2D eigenvalue weighted by atomic mass is 16.5. The largest absolute Gasteiger partial charge is 0.482 e. The molecule has 2 aliphatic rings. The molecule has 0 aromatic heterocycles. The summed E-state index contributed by atoms with van der Waals surface area (Å²) in [5.41, 5.74) is 3.34. The summed E-state index contributed by atoms with van der Waals surface area (Å²) in [6.45, 7) is -0.0891. The molecule has 5 rings (SSSR count). The van der Waals surface area contributed by atoms with Crippen molar-refractivity contribution in [3.8, 4) is 11.5 Å². The molecule has 0 spiro atoms. The Morgan fingerprint density at radius 3 is 1.61 bits per heavy atom. The Bertz CT molecular complexity index is 1360. The summed E-state index contributed by atoms with van der Waals surface area (Å²) >= 11 is 0. The molecule has 0 radical (unpaired) electrons. The molecule has 36 heavy (non-hydrogen) atoms. The number of ether oxygens (including phenoxy) is 2. The Morgan fingerprint density at radius 1 is 0.667 bits per heavy atom. The Morgan fingerprint density at radius 2 is 1.14 bits per heavy atom. The number of carbonyl (C=O) groups is 4. The fourth-order valence-corrected chi connectivity index (χ4v) is 3.78. The van der Waals surface area contributed by atoms with E-state index < -0.39 is 0 Å². The number of carbonyl (C=O) groups excluding carboxylic acids is 4. The van der Waals surface area contributed by atoms with E-state index in [0.717, 1.165) is 11.1 Å². The van der Waals surface area contributed by atoms with Gasteiger partial charge in [0.1, 0.15) is 11.5 Å². The van der Waals surface area contributed by atoms with Crippen molar-refractivity contribution in [2.24, 2.45) is 0 Å². The van der Waals surface area contributed by atoms with Crippen LogP contribution in [-0.4, -0.2) is 36.6 Å². The molecule has 0 bridgehead atoms.